The van der Waals surface area contributed by atoms with Crippen LogP contribution in [0, 0.1) is 0 Å². The summed E-state index contributed by atoms with van der Waals surface area (Å²) in [5.41, 5.74) is 6.03. The van der Waals surface area contributed by atoms with Crippen LogP contribution in [0.5, 0.6) is 0 Å². The van der Waals surface area contributed by atoms with E-state index >= 15 is 0 Å². The maximum Gasteiger partial charge on any atom is 0.305 e. The van der Waals surface area contributed by atoms with Crippen LogP contribution in [-0.2, 0) is 9.53 Å². The van der Waals surface area contributed by atoms with Crippen molar-refractivity contribution in [2.45, 2.75) is 32.2 Å². The van der Waals surface area contributed by atoms with Gasteiger partial charge in [0.05, 0.1) is 6.61 Å². The summed E-state index contributed by atoms with van der Waals surface area (Å²) in [5.74, 6) is -0.139. The molecule has 0 amide bonds. The van der Waals surface area contributed by atoms with Gasteiger partial charge >= 0.3 is 5.97 Å². The van der Waals surface area contributed by atoms with E-state index < -0.39 is 0 Å². The van der Waals surface area contributed by atoms with E-state index in [1.165, 1.54) is 0 Å². The molecule has 0 bridgehead atoms. The van der Waals surface area contributed by atoms with Crippen molar-refractivity contribution in [1.82, 2.24) is 0 Å². The number of carbonyl (C=O) groups excluding carboxylic acids is 1. The van der Waals surface area contributed by atoms with Crippen LogP contribution in [0.2, 0.25) is 0 Å². The molecule has 1 atom stereocenters. The van der Waals surface area contributed by atoms with Crippen LogP contribution in [0.4, 0.5) is 0 Å². The first-order valence-electron chi connectivity index (χ1n) is 5.29. The van der Waals surface area contributed by atoms with Crippen LogP contribution in [0.15, 0.2) is 15.9 Å². The van der Waals surface area contributed by atoms with Crippen LogP contribution < -0.4 is 5.73 Å². The van der Waals surface area contributed by atoms with Gasteiger partial charge in [-0.05, 0) is 47.1 Å². The Morgan fingerprint density at radius 2 is 2.44 bits per heavy atom. The van der Waals surface area contributed by atoms with Gasteiger partial charge in [0, 0.05) is 21.8 Å². The third kappa shape index (κ3) is 4.23. The lowest BCUT2D eigenvalue weighted by Crippen LogP contribution is -2.10. The fourth-order valence-electron chi connectivity index (χ4n) is 1.40. The van der Waals surface area contributed by atoms with Crippen molar-refractivity contribution in [3.8, 4) is 0 Å². The number of thiophene rings is 1. The summed E-state index contributed by atoms with van der Waals surface area (Å²) >= 11 is 5.09. The largest absolute Gasteiger partial charge is 0.466 e. The van der Waals surface area contributed by atoms with Gasteiger partial charge in [0.1, 0.15) is 0 Å². The van der Waals surface area contributed by atoms with Crippen LogP contribution in [0.3, 0.4) is 0 Å². The van der Waals surface area contributed by atoms with E-state index in [0.29, 0.717) is 13.0 Å². The highest BCUT2D eigenvalue weighted by molar-refractivity contribution is 9.10. The molecule has 1 aromatic heterocycles. The molecule has 0 aliphatic rings. The first-order valence-corrected chi connectivity index (χ1v) is 6.96. The smallest absolute Gasteiger partial charge is 0.305 e. The maximum absolute atomic E-state index is 11.1. The lowest BCUT2D eigenvalue weighted by atomic mass is 10.1. The number of carbonyl (C=O) groups is 1. The van der Waals surface area contributed by atoms with E-state index in [-0.39, 0.29) is 12.0 Å². The molecule has 1 heterocycles. The monoisotopic (exact) mass is 305 g/mol. The minimum Gasteiger partial charge on any atom is -0.466 e. The Labute approximate surface area is 108 Å². The van der Waals surface area contributed by atoms with Crippen molar-refractivity contribution in [2.24, 2.45) is 5.73 Å². The molecule has 1 rings (SSSR count). The molecule has 1 unspecified atom stereocenters. The first-order chi connectivity index (χ1) is 7.65. The van der Waals surface area contributed by atoms with E-state index in [1.807, 2.05) is 18.4 Å². The summed E-state index contributed by atoms with van der Waals surface area (Å²) in [6.45, 7) is 2.26. The number of ether oxygens (including phenoxy) is 1. The number of hydrogen-bond acceptors (Lipinski definition) is 4. The van der Waals surface area contributed by atoms with Crippen molar-refractivity contribution in [2.75, 3.05) is 6.61 Å². The highest BCUT2D eigenvalue weighted by atomic mass is 79.9. The van der Waals surface area contributed by atoms with Gasteiger partial charge < -0.3 is 10.5 Å². The van der Waals surface area contributed by atoms with Gasteiger partial charge in [-0.3, -0.25) is 4.79 Å². The molecule has 0 saturated carbocycles. The van der Waals surface area contributed by atoms with Gasteiger partial charge in [0.25, 0.3) is 0 Å². The van der Waals surface area contributed by atoms with Crippen molar-refractivity contribution in [3.63, 3.8) is 0 Å². The summed E-state index contributed by atoms with van der Waals surface area (Å²) in [7, 11) is 0. The predicted molar refractivity (Wildman–Crippen MR) is 69.4 cm³/mol. The average Bonchev–Trinajstić information content (AvgIpc) is 2.64. The standard InChI is InChI=1S/C11H16BrNO2S/c1-2-15-10(14)5-3-4-9(13)11-8(12)6-7-16-11/h6-7,9H,2-5,13H2,1H3. The first kappa shape index (κ1) is 13.7. The van der Waals surface area contributed by atoms with Gasteiger partial charge in [-0.2, -0.15) is 0 Å². The SMILES string of the molecule is CCOC(=O)CCCC(N)c1sccc1Br. The van der Waals surface area contributed by atoms with Crippen LogP contribution in [-0.4, -0.2) is 12.6 Å². The molecule has 16 heavy (non-hydrogen) atoms. The Balaban J connectivity index is 2.28. The molecule has 0 fully saturated rings. The highest BCUT2D eigenvalue weighted by Crippen LogP contribution is 2.30. The van der Waals surface area contributed by atoms with Gasteiger partial charge in [-0.1, -0.05) is 0 Å². The minimum atomic E-state index is -0.139. The molecule has 0 aromatic carbocycles. The second kappa shape index (κ2) is 7.04. The second-order valence-corrected chi connectivity index (χ2v) is 5.24. The average molecular weight is 306 g/mol. The third-order valence-electron chi connectivity index (χ3n) is 2.18. The normalized spacial score (nSPS) is 12.4. The molecule has 0 saturated heterocycles. The number of halogens is 1. The molecular formula is C11H16BrNO2S. The molecule has 90 valence electrons. The molecule has 0 spiro atoms. The third-order valence-corrected chi connectivity index (χ3v) is 4.19. The zero-order valence-corrected chi connectivity index (χ0v) is 11.6. The maximum atomic E-state index is 11.1. The zero-order valence-electron chi connectivity index (χ0n) is 9.24. The van der Waals surface area contributed by atoms with Crippen molar-refractivity contribution in [3.05, 3.63) is 20.8 Å². The molecule has 5 heteroatoms. The zero-order chi connectivity index (χ0) is 12.0. The van der Waals surface area contributed by atoms with Crippen molar-refractivity contribution >= 4 is 33.2 Å². The van der Waals surface area contributed by atoms with Crippen LogP contribution >= 0.6 is 27.3 Å². The Bertz CT molecular complexity index is 340. The number of rotatable bonds is 6. The molecular weight excluding hydrogens is 290 g/mol. The van der Waals surface area contributed by atoms with Gasteiger partial charge in [0.2, 0.25) is 0 Å². The topological polar surface area (TPSA) is 52.3 Å². The Morgan fingerprint density at radius 3 is 3.00 bits per heavy atom. The molecule has 2 N–H and O–H groups in total. The molecule has 1 aromatic rings. The van der Waals surface area contributed by atoms with Gasteiger partial charge in [-0.15, -0.1) is 11.3 Å². The van der Waals surface area contributed by atoms with Crippen molar-refractivity contribution in [1.29, 1.82) is 0 Å². The van der Waals surface area contributed by atoms with Crippen LogP contribution in [0.25, 0.3) is 0 Å². The van der Waals surface area contributed by atoms with Crippen LogP contribution in [0.1, 0.15) is 37.1 Å². The summed E-state index contributed by atoms with van der Waals surface area (Å²) in [6.07, 6.45) is 2.02. The fourth-order valence-corrected chi connectivity index (χ4v) is 3.11. The lowest BCUT2D eigenvalue weighted by Gasteiger charge is -2.09. The molecule has 0 radical (unpaired) electrons. The van der Waals surface area contributed by atoms with Gasteiger partial charge in [0.15, 0.2) is 0 Å². The second-order valence-electron chi connectivity index (χ2n) is 3.44. The minimum absolute atomic E-state index is 0.00352. The fraction of sp³-hybridized carbons (Fsp3) is 0.545. The number of hydrogen-bond donors (Lipinski definition) is 1. The molecule has 0 aliphatic heterocycles. The van der Waals surface area contributed by atoms with E-state index in [9.17, 15) is 4.79 Å². The molecule has 0 aliphatic carbocycles. The summed E-state index contributed by atoms with van der Waals surface area (Å²) in [6, 6.07) is 1.99. The quantitative estimate of drug-likeness (QED) is 0.821. The summed E-state index contributed by atoms with van der Waals surface area (Å²) in [5, 5.41) is 2.00. The predicted octanol–water partition coefficient (Wildman–Crippen LogP) is 3.24. The highest BCUT2D eigenvalue weighted by Gasteiger charge is 2.12. The Hall–Kier alpha value is -0.390. The van der Waals surface area contributed by atoms with E-state index in [1.54, 1.807) is 11.3 Å². The lowest BCUT2D eigenvalue weighted by molar-refractivity contribution is -0.143. The number of esters is 1. The molecule has 3 nitrogen and oxygen atoms in total. The summed E-state index contributed by atoms with van der Waals surface area (Å²) < 4.78 is 5.91. The van der Waals surface area contributed by atoms with E-state index in [2.05, 4.69) is 15.9 Å². The van der Waals surface area contributed by atoms with E-state index in [0.717, 1.165) is 22.2 Å². The Kier molecular flexibility index (Phi) is 6.01. The van der Waals surface area contributed by atoms with Crippen molar-refractivity contribution < 1.29 is 9.53 Å². The number of nitrogens with two attached hydrogens (primary N) is 1. The van der Waals surface area contributed by atoms with E-state index in [4.69, 9.17) is 10.5 Å². The van der Waals surface area contributed by atoms with Gasteiger partial charge in [-0.25, -0.2) is 0 Å². The Morgan fingerprint density at radius 1 is 1.69 bits per heavy atom. The summed E-state index contributed by atoms with van der Waals surface area (Å²) in [4.78, 5) is 12.3.